The fourth-order valence-electron chi connectivity index (χ4n) is 2.19. The van der Waals surface area contributed by atoms with Crippen molar-refractivity contribution in [1.82, 2.24) is 9.73 Å². The van der Waals surface area contributed by atoms with E-state index < -0.39 is 27.4 Å². The molecule has 0 fully saturated rings. The van der Waals surface area contributed by atoms with Crippen molar-refractivity contribution in [3.8, 4) is 0 Å². The minimum Gasteiger partial charge on any atom is -0.272 e. The molecule has 0 radical (unpaired) electrons. The molecule has 0 aliphatic rings. The summed E-state index contributed by atoms with van der Waals surface area (Å²) in [7, 11) is -3.63. The summed E-state index contributed by atoms with van der Waals surface area (Å²) in [6, 6.07) is 12.6. The lowest BCUT2D eigenvalue weighted by Crippen LogP contribution is -2.38. The average Bonchev–Trinajstić information content (AvgIpc) is 2.62. The molecule has 0 aliphatic heterocycles. The minimum absolute atomic E-state index is 0.0352. The third-order valence-corrected chi connectivity index (χ3v) is 5.11. The van der Waals surface area contributed by atoms with Crippen molar-refractivity contribution in [3.63, 3.8) is 0 Å². The predicted molar refractivity (Wildman–Crippen MR) is 106 cm³/mol. The Balaban J connectivity index is 2.04. The number of hydrogen-bond donors (Lipinski definition) is 1. The van der Waals surface area contributed by atoms with Crippen molar-refractivity contribution in [2.45, 2.75) is 6.54 Å². The quantitative estimate of drug-likeness (QED) is 0.395. The molecule has 2 rings (SSSR count). The van der Waals surface area contributed by atoms with E-state index in [2.05, 4.69) is 10.5 Å². The normalized spacial score (nSPS) is 11.7. The first-order valence-corrected chi connectivity index (χ1v) is 10.1. The van der Waals surface area contributed by atoms with Gasteiger partial charge in [-0.2, -0.15) is 9.41 Å². The van der Waals surface area contributed by atoms with Crippen LogP contribution >= 0.6 is 11.6 Å². The van der Waals surface area contributed by atoms with Gasteiger partial charge in [-0.1, -0.05) is 41.9 Å². The average molecular weight is 425 g/mol. The number of halogens is 1. The van der Waals surface area contributed by atoms with Crippen LogP contribution in [-0.4, -0.2) is 42.6 Å². The first kappa shape index (κ1) is 21.5. The van der Waals surface area contributed by atoms with Crippen LogP contribution in [0.1, 0.15) is 11.1 Å². The second-order valence-electron chi connectivity index (χ2n) is 5.77. The van der Waals surface area contributed by atoms with Gasteiger partial charge >= 0.3 is 0 Å². The number of non-ortho nitro benzene ring substituents is 1. The Morgan fingerprint density at radius 2 is 1.96 bits per heavy atom. The van der Waals surface area contributed by atoms with Crippen LogP contribution in [0.5, 0.6) is 0 Å². The molecular weight excluding hydrogens is 408 g/mol. The molecule has 0 atom stereocenters. The molecular formula is C17H17ClN4O5S. The Kier molecular flexibility index (Phi) is 7.21. The third-order valence-electron chi connectivity index (χ3n) is 3.57. The van der Waals surface area contributed by atoms with Gasteiger partial charge in [0.15, 0.2) is 0 Å². The SMILES string of the molecule is CS(=O)(=O)N(CC(=O)N/N=C\c1cc([N+](=O)[O-])ccc1Cl)Cc1ccccc1. The lowest BCUT2D eigenvalue weighted by Gasteiger charge is -2.18. The molecule has 0 bridgehead atoms. The second-order valence-corrected chi connectivity index (χ2v) is 8.16. The van der Waals surface area contributed by atoms with E-state index in [1.54, 1.807) is 30.3 Å². The maximum Gasteiger partial charge on any atom is 0.270 e. The van der Waals surface area contributed by atoms with Gasteiger partial charge in [0.25, 0.3) is 11.6 Å². The molecule has 0 saturated carbocycles. The van der Waals surface area contributed by atoms with Gasteiger partial charge in [-0.15, -0.1) is 0 Å². The number of sulfonamides is 1. The molecule has 1 amide bonds. The molecule has 2 aromatic rings. The summed E-state index contributed by atoms with van der Waals surface area (Å²) in [5.74, 6) is -0.667. The van der Waals surface area contributed by atoms with Crippen molar-refractivity contribution in [2.24, 2.45) is 5.10 Å². The van der Waals surface area contributed by atoms with Gasteiger partial charge in [-0.05, 0) is 11.6 Å². The smallest absolute Gasteiger partial charge is 0.270 e. The summed E-state index contributed by atoms with van der Waals surface area (Å²) in [5, 5.41) is 14.7. The number of hydrogen-bond acceptors (Lipinski definition) is 6. The topological polar surface area (TPSA) is 122 Å². The van der Waals surface area contributed by atoms with Gasteiger partial charge in [-0.25, -0.2) is 13.8 Å². The lowest BCUT2D eigenvalue weighted by molar-refractivity contribution is -0.384. The van der Waals surface area contributed by atoms with Gasteiger partial charge < -0.3 is 0 Å². The molecule has 28 heavy (non-hydrogen) atoms. The number of nitro benzene ring substituents is 1. The fourth-order valence-corrected chi connectivity index (χ4v) is 3.09. The van der Waals surface area contributed by atoms with E-state index in [4.69, 9.17) is 11.6 Å². The highest BCUT2D eigenvalue weighted by atomic mass is 35.5. The van der Waals surface area contributed by atoms with Crippen molar-refractivity contribution < 1.29 is 18.1 Å². The molecule has 2 aromatic carbocycles. The van der Waals surface area contributed by atoms with Crippen LogP contribution in [0.3, 0.4) is 0 Å². The Bertz CT molecular complexity index is 996. The van der Waals surface area contributed by atoms with E-state index in [1.165, 1.54) is 18.2 Å². The number of amides is 1. The third kappa shape index (κ3) is 6.41. The first-order valence-electron chi connectivity index (χ1n) is 7.91. The van der Waals surface area contributed by atoms with E-state index in [9.17, 15) is 23.3 Å². The summed E-state index contributed by atoms with van der Waals surface area (Å²) in [6.07, 6.45) is 2.16. The standard InChI is InChI=1S/C17H17ClN4O5S/c1-28(26,27)21(11-13-5-3-2-4-6-13)12-17(23)20-19-10-14-9-15(22(24)25)7-8-16(14)18/h2-10H,11-12H2,1H3,(H,20,23)/b19-10-. The van der Waals surface area contributed by atoms with Gasteiger partial charge in [0.05, 0.1) is 23.9 Å². The maximum atomic E-state index is 12.1. The number of benzene rings is 2. The molecule has 9 nitrogen and oxygen atoms in total. The van der Waals surface area contributed by atoms with Crippen LogP contribution < -0.4 is 5.43 Å². The summed E-state index contributed by atoms with van der Waals surface area (Å²) in [6.45, 7) is -0.402. The van der Waals surface area contributed by atoms with Gasteiger partial charge in [0, 0.05) is 29.3 Å². The Labute approximate surface area is 166 Å². The van der Waals surface area contributed by atoms with Crippen molar-refractivity contribution in [2.75, 3.05) is 12.8 Å². The summed E-state index contributed by atoms with van der Waals surface area (Å²) < 4.78 is 24.9. The van der Waals surface area contributed by atoms with Crippen LogP contribution in [0.4, 0.5) is 5.69 Å². The van der Waals surface area contributed by atoms with Gasteiger partial charge in [0.2, 0.25) is 10.0 Å². The summed E-state index contributed by atoms with van der Waals surface area (Å²) in [5.41, 5.74) is 2.98. The van der Waals surface area contributed by atoms with Crippen LogP contribution in [0.25, 0.3) is 0 Å². The molecule has 0 heterocycles. The number of hydrazone groups is 1. The van der Waals surface area contributed by atoms with Gasteiger partial charge in [-0.3, -0.25) is 14.9 Å². The van der Waals surface area contributed by atoms with Crippen molar-refractivity contribution in [1.29, 1.82) is 0 Å². The van der Waals surface area contributed by atoms with E-state index >= 15 is 0 Å². The number of rotatable bonds is 8. The number of carbonyl (C=O) groups is 1. The molecule has 1 N–H and O–H groups in total. The highest BCUT2D eigenvalue weighted by Gasteiger charge is 2.20. The van der Waals surface area contributed by atoms with E-state index in [0.717, 1.165) is 22.3 Å². The molecule has 0 unspecified atom stereocenters. The zero-order chi connectivity index (χ0) is 20.7. The lowest BCUT2D eigenvalue weighted by atomic mass is 10.2. The zero-order valence-electron chi connectivity index (χ0n) is 14.8. The minimum atomic E-state index is -3.63. The van der Waals surface area contributed by atoms with Gasteiger partial charge in [0.1, 0.15) is 0 Å². The Morgan fingerprint density at radius 1 is 1.29 bits per heavy atom. The monoisotopic (exact) mass is 424 g/mol. The van der Waals surface area contributed by atoms with Crippen LogP contribution in [0.15, 0.2) is 53.6 Å². The molecule has 11 heteroatoms. The number of nitro groups is 1. The van der Waals surface area contributed by atoms with Crippen LogP contribution in [0, 0.1) is 10.1 Å². The Morgan fingerprint density at radius 3 is 2.57 bits per heavy atom. The van der Waals surface area contributed by atoms with E-state index in [1.807, 2.05) is 0 Å². The predicted octanol–water partition coefficient (Wildman–Crippen LogP) is 2.16. The largest absolute Gasteiger partial charge is 0.272 e. The van der Waals surface area contributed by atoms with Crippen molar-refractivity contribution >= 4 is 39.4 Å². The van der Waals surface area contributed by atoms with Crippen LogP contribution in [0.2, 0.25) is 5.02 Å². The van der Waals surface area contributed by atoms with Crippen molar-refractivity contribution in [3.05, 3.63) is 74.8 Å². The summed E-state index contributed by atoms with van der Waals surface area (Å²) >= 11 is 5.94. The molecule has 0 spiro atoms. The molecule has 148 valence electrons. The summed E-state index contributed by atoms with van der Waals surface area (Å²) in [4.78, 5) is 22.3. The Hall–Kier alpha value is -2.82. The number of nitrogens with one attached hydrogen (secondary N) is 1. The maximum absolute atomic E-state index is 12.1. The number of carbonyl (C=O) groups excluding carboxylic acids is 1. The fraction of sp³-hybridized carbons (Fsp3) is 0.176. The molecule has 0 aliphatic carbocycles. The van der Waals surface area contributed by atoms with Crippen LogP contribution in [-0.2, 0) is 21.4 Å². The number of nitrogens with zero attached hydrogens (tertiary/aromatic N) is 3. The highest BCUT2D eigenvalue weighted by Crippen LogP contribution is 2.20. The molecule has 0 aromatic heterocycles. The highest BCUT2D eigenvalue weighted by molar-refractivity contribution is 7.88. The molecule has 0 saturated heterocycles. The zero-order valence-corrected chi connectivity index (χ0v) is 16.4. The van der Waals surface area contributed by atoms with E-state index in [0.29, 0.717) is 0 Å². The van der Waals surface area contributed by atoms with E-state index in [-0.39, 0.29) is 22.8 Å². The first-order chi connectivity index (χ1) is 13.2. The second kappa shape index (κ2) is 9.40.